The molecule has 0 radical (unpaired) electrons. The van der Waals surface area contributed by atoms with Gasteiger partial charge in [-0.3, -0.25) is 0 Å². The van der Waals surface area contributed by atoms with Crippen LogP contribution in [0.3, 0.4) is 0 Å². The molecule has 27 heavy (non-hydrogen) atoms. The molecule has 0 aromatic carbocycles. The van der Waals surface area contributed by atoms with E-state index in [1.54, 1.807) is 0 Å². The highest BCUT2D eigenvalue weighted by Gasteiger charge is 2.70. The molecule has 1 spiro atoms. The topological polar surface area (TPSA) is 52.9 Å². The van der Waals surface area contributed by atoms with E-state index in [1.807, 2.05) is 12.2 Å². The van der Waals surface area contributed by atoms with Crippen LogP contribution in [0.2, 0.25) is 0 Å². The van der Waals surface area contributed by atoms with Gasteiger partial charge in [0.05, 0.1) is 12.2 Å². The van der Waals surface area contributed by atoms with E-state index in [0.717, 1.165) is 32.2 Å². The van der Waals surface area contributed by atoms with Crippen LogP contribution in [0.5, 0.6) is 0 Å². The van der Waals surface area contributed by atoms with E-state index in [9.17, 15) is 10.2 Å². The third-order valence-electron chi connectivity index (χ3n) is 8.12. The first-order chi connectivity index (χ1) is 13.0. The fourth-order valence-corrected chi connectivity index (χ4v) is 6.93. The summed E-state index contributed by atoms with van der Waals surface area (Å²) in [5.41, 5.74) is 1.95. The minimum atomic E-state index is -0.630. The van der Waals surface area contributed by atoms with Crippen molar-refractivity contribution >= 4 is 0 Å². The van der Waals surface area contributed by atoms with Crippen molar-refractivity contribution in [3.8, 4) is 0 Å². The molecule has 2 saturated heterocycles. The molecule has 7 atom stereocenters. The average Bonchev–Trinajstić information content (AvgIpc) is 2.97. The smallest absolute Gasteiger partial charge is 0.120 e. The van der Waals surface area contributed by atoms with Crippen LogP contribution in [0.15, 0.2) is 35.5 Å². The molecule has 148 valence electrons. The molecule has 3 aliphatic carbocycles. The fraction of sp³-hybridized carbons (Fsp3) is 0.739. The largest absolute Gasteiger partial charge is 0.386 e. The molecule has 0 saturated carbocycles. The predicted octanol–water partition coefficient (Wildman–Crippen LogP) is 2.96. The van der Waals surface area contributed by atoms with E-state index in [0.29, 0.717) is 12.0 Å². The Morgan fingerprint density at radius 2 is 2.04 bits per heavy atom. The first kappa shape index (κ1) is 18.1. The van der Waals surface area contributed by atoms with Crippen molar-refractivity contribution in [3.63, 3.8) is 0 Å². The predicted molar refractivity (Wildman–Crippen MR) is 105 cm³/mol. The highest BCUT2D eigenvalue weighted by atomic mass is 16.5. The minimum Gasteiger partial charge on any atom is -0.386 e. The minimum absolute atomic E-state index is 0.143. The van der Waals surface area contributed by atoms with Crippen molar-refractivity contribution in [2.24, 2.45) is 11.3 Å². The van der Waals surface area contributed by atoms with Gasteiger partial charge in [-0.05, 0) is 44.0 Å². The Bertz CT molecular complexity index is 712. The molecule has 2 fully saturated rings. The van der Waals surface area contributed by atoms with Crippen LogP contribution in [-0.2, 0) is 4.74 Å². The van der Waals surface area contributed by atoms with Crippen molar-refractivity contribution in [2.75, 3.05) is 13.6 Å². The van der Waals surface area contributed by atoms with Crippen LogP contribution >= 0.6 is 0 Å². The molecule has 2 N–H and O–H groups in total. The van der Waals surface area contributed by atoms with Crippen molar-refractivity contribution in [2.45, 2.75) is 81.8 Å². The SMILES string of the molecule is CCCCCCC12O[C@H]3[C@@H](O)C=C[C@H]4[C@H]5CC(=C1[C@]43CCN5C)C=CC2O. The molecule has 2 aliphatic heterocycles. The Morgan fingerprint density at radius 1 is 1.19 bits per heavy atom. The Balaban J connectivity index is 1.63. The van der Waals surface area contributed by atoms with Crippen molar-refractivity contribution in [1.29, 1.82) is 0 Å². The van der Waals surface area contributed by atoms with E-state index in [-0.39, 0.29) is 11.5 Å². The van der Waals surface area contributed by atoms with Gasteiger partial charge in [-0.1, -0.05) is 56.9 Å². The number of ether oxygens (including phenoxy) is 1. The molecule has 4 heteroatoms. The summed E-state index contributed by atoms with van der Waals surface area (Å²) in [6, 6.07) is 0.461. The lowest BCUT2D eigenvalue weighted by Crippen LogP contribution is -2.62. The number of hydrogen-bond acceptors (Lipinski definition) is 4. The highest BCUT2D eigenvalue weighted by Crippen LogP contribution is 2.67. The van der Waals surface area contributed by atoms with E-state index >= 15 is 0 Å². The number of likely N-dealkylation sites (tertiary alicyclic amines) is 1. The van der Waals surface area contributed by atoms with E-state index in [1.165, 1.54) is 30.4 Å². The summed E-state index contributed by atoms with van der Waals surface area (Å²) < 4.78 is 6.78. The number of rotatable bonds is 5. The van der Waals surface area contributed by atoms with Crippen LogP contribution < -0.4 is 0 Å². The quantitative estimate of drug-likeness (QED) is 0.576. The van der Waals surface area contributed by atoms with Gasteiger partial charge in [0.2, 0.25) is 0 Å². The van der Waals surface area contributed by atoms with Gasteiger partial charge in [0.1, 0.15) is 11.7 Å². The van der Waals surface area contributed by atoms with Gasteiger partial charge in [0.15, 0.2) is 0 Å². The second-order valence-electron chi connectivity index (χ2n) is 9.39. The zero-order valence-corrected chi connectivity index (χ0v) is 16.6. The summed E-state index contributed by atoms with van der Waals surface area (Å²) in [5, 5.41) is 22.0. The van der Waals surface area contributed by atoms with E-state index < -0.39 is 17.8 Å². The zero-order chi connectivity index (χ0) is 18.8. The van der Waals surface area contributed by atoms with Crippen LogP contribution in [-0.4, -0.2) is 58.7 Å². The summed E-state index contributed by atoms with van der Waals surface area (Å²) in [6.45, 7) is 3.26. The van der Waals surface area contributed by atoms with Gasteiger partial charge < -0.3 is 19.8 Å². The molecule has 2 heterocycles. The number of piperidine rings is 1. The summed E-state index contributed by atoms with van der Waals surface area (Å²) in [4.78, 5) is 2.49. The number of allylic oxidation sites excluding steroid dienone is 1. The molecular weight excluding hydrogens is 338 g/mol. The van der Waals surface area contributed by atoms with E-state index in [4.69, 9.17) is 4.74 Å². The number of hydrogen-bond donors (Lipinski definition) is 2. The first-order valence-electron chi connectivity index (χ1n) is 10.9. The van der Waals surface area contributed by atoms with Crippen molar-refractivity contribution < 1.29 is 14.9 Å². The number of unbranched alkanes of at least 4 members (excludes halogenated alkanes) is 3. The van der Waals surface area contributed by atoms with Crippen LogP contribution in [0.1, 0.15) is 51.9 Å². The second-order valence-corrected chi connectivity index (χ2v) is 9.39. The maximum absolute atomic E-state index is 11.1. The third-order valence-corrected chi connectivity index (χ3v) is 8.12. The second kappa shape index (κ2) is 6.28. The van der Waals surface area contributed by atoms with Gasteiger partial charge in [-0.25, -0.2) is 0 Å². The highest BCUT2D eigenvalue weighted by molar-refractivity contribution is 5.53. The molecular formula is C23H33NO3. The summed E-state index contributed by atoms with van der Waals surface area (Å²) in [6.07, 6.45) is 14.4. The molecule has 5 rings (SSSR count). The Hall–Kier alpha value is -0.940. The summed E-state index contributed by atoms with van der Waals surface area (Å²) in [7, 11) is 2.23. The molecule has 0 aromatic heterocycles. The number of nitrogens with zero attached hydrogens (tertiary/aromatic N) is 1. The molecule has 2 bridgehead atoms. The van der Waals surface area contributed by atoms with Crippen molar-refractivity contribution in [3.05, 3.63) is 35.5 Å². The maximum atomic E-state index is 11.1. The fourth-order valence-electron chi connectivity index (χ4n) is 6.93. The Labute approximate surface area is 162 Å². The van der Waals surface area contributed by atoms with Gasteiger partial charge in [0, 0.05) is 17.4 Å². The Morgan fingerprint density at radius 3 is 2.85 bits per heavy atom. The molecule has 4 nitrogen and oxygen atoms in total. The third kappa shape index (κ3) is 2.24. The molecule has 0 amide bonds. The van der Waals surface area contributed by atoms with Gasteiger partial charge in [-0.15, -0.1) is 0 Å². The summed E-state index contributed by atoms with van der Waals surface area (Å²) >= 11 is 0. The zero-order valence-electron chi connectivity index (χ0n) is 16.6. The normalized spacial score (nSPS) is 47.5. The summed E-state index contributed by atoms with van der Waals surface area (Å²) in [5.74, 6) is 0.375. The van der Waals surface area contributed by atoms with Gasteiger partial charge >= 0.3 is 0 Å². The maximum Gasteiger partial charge on any atom is 0.120 e. The van der Waals surface area contributed by atoms with E-state index in [2.05, 4.69) is 31.0 Å². The van der Waals surface area contributed by atoms with Gasteiger partial charge in [-0.2, -0.15) is 0 Å². The van der Waals surface area contributed by atoms with Crippen LogP contribution in [0.25, 0.3) is 0 Å². The van der Waals surface area contributed by atoms with Gasteiger partial charge in [0.25, 0.3) is 0 Å². The van der Waals surface area contributed by atoms with Crippen LogP contribution in [0, 0.1) is 11.3 Å². The monoisotopic (exact) mass is 371 g/mol. The van der Waals surface area contributed by atoms with Crippen LogP contribution in [0.4, 0.5) is 0 Å². The Kier molecular flexibility index (Phi) is 4.21. The molecule has 0 aromatic rings. The lowest BCUT2D eigenvalue weighted by atomic mass is 9.50. The molecule has 2 unspecified atom stereocenters. The lowest BCUT2D eigenvalue weighted by Gasteiger charge is -2.58. The standard InChI is InChI=1S/C23H33NO3/c1-3-4-5-6-11-23-19(26)10-7-15-14-17-16-8-9-18(25)21(27-23)22(16,20(15)23)12-13-24(17)2/h7-10,16-19,21,25-26H,3-6,11-14H2,1-2H3/t16-,17+,18-,19?,21-,22-,23?/m0/s1. The number of aliphatic hydroxyl groups excluding tert-OH is 2. The molecule has 5 aliphatic rings. The lowest BCUT2D eigenvalue weighted by molar-refractivity contribution is -0.144. The van der Waals surface area contributed by atoms with Crippen molar-refractivity contribution in [1.82, 2.24) is 4.90 Å². The first-order valence-corrected chi connectivity index (χ1v) is 10.9. The average molecular weight is 372 g/mol. The number of aliphatic hydroxyl groups is 2.